The van der Waals surface area contributed by atoms with Gasteiger partial charge < -0.3 is 9.72 Å². The van der Waals surface area contributed by atoms with Crippen LogP contribution >= 0.6 is 15.9 Å². The predicted octanol–water partition coefficient (Wildman–Crippen LogP) is 3.25. The first-order valence-electron chi connectivity index (χ1n) is 4.04. The van der Waals surface area contributed by atoms with Crippen LogP contribution < -0.4 is 4.74 Å². The fourth-order valence-corrected chi connectivity index (χ4v) is 1.91. The van der Waals surface area contributed by atoms with Crippen LogP contribution in [0.4, 0.5) is 0 Å². The Kier molecular flexibility index (Phi) is 2.04. The van der Waals surface area contributed by atoms with Gasteiger partial charge in [-0.15, -0.1) is 0 Å². The number of H-pyrrole nitrogens is 1. The van der Waals surface area contributed by atoms with Crippen LogP contribution in [0.15, 0.2) is 22.8 Å². The lowest BCUT2D eigenvalue weighted by molar-refractivity contribution is 0.420. The van der Waals surface area contributed by atoms with E-state index in [9.17, 15) is 0 Å². The summed E-state index contributed by atoms with van der Waals surface area (Å²) in [5.74, 6) is 0.905. The summed E-state index contributed by atoms with van der Waals surface area (Å²) in [6.07, 6.45) is 0. The van der Waals surface area contributed by atoms with Crippen molar-refractivity contribution in [2.24, 2.45) is 0 Å². The summed E-state index contributed by atoms with van der Waals surface area (Å²) in [4.78, 5) is 3.24. The van der Waals surface area contributed by atoms with Gasteiger partial charge in [0.15, 0.2) is 0 Å². The molecular formula is C10H10BrNO. The van der Waals surface area contributed by atoms with Crippen LogP contribution in [0.1, 0.15) is 5.56 Å². The van der Waals surface area contributed by atoms with Gasteiger partial charge in [-0.2, -0.15) is 0 Å². The molecule has 0 spiro atoms. The second-order valence-electron chi connectivity index (χ2n) is 2.99. The molecule has 0 amide bonds. The third-order valence-electron chi connectivity index (χ3n) is 2.15. The molecule has 1 aromatic carbocycles. The van der Waals surface area contributed by atoms with Gasteiger partial charge in [0.1, 0.15) is 5.75 Å². The van der Waals surface area contributed by atoms with E-state index in [1.54, 1.807) is 7.11 Å². The third kappa shape index (κ3) is 1.33. The van der Waals surface area contributed by atoms with E-state index in [-0.39, 0.29) is 0 Å². The Morgan fingerprint density at radius 2 is 2.15 bits per heavy atom. The molecule has 0 aliphatic rings. The van der Waals surface area contributed by atoms with Crippen molar-refractivity contribution < 1.29 is 4.74 Å². The molecule has 0 fully saturated rings. The quantitative estimate of drug-likeness (QED) is 0.813. The monoisotopic (exact) mass is 239 g/mol. The van der Waals surface area contributed by atoms with Crippen molar-refractivity contribution in [2.75, 3.05) is 7.11 Å². The molecule has 0 aliphatic carbocycles. The first kappa shape index (κ1) is 8.63. The molecule has 2 rings (SSSR count). The van der Waals surface area contributed by atoms with Crippen LogP contribution in [-0.2, 0) is 0 Å². The number of methoxy groups -OCH3 is 1. The maximum atomic E-state index is 5.25. The number of aromatic nitrogens is 1. The summed E-state index contributed by atoms with van der Waals surface area (Å²) in [5.41, 5.74) is 2.35. The van der Waals surface area contributed by atoms with E-state index in [2.05, 4.69) is 27.8 Å². The molecule has 0 saturated heterocycles. The van der Waals surface area contributed by atoms with E-state index < -0.39 is 0 Å². The molecule has 0 unspecified atom stereocenters. The molecule has 2 aromatic rings. The highest BCUT2D eigenvalue weighted by Gasteiger charge is 2.06. The summed E-state index contributed by atoms with van der Waals surface area (Å²) in [5, 5.41) is 1.12. The first-order chi connectivity index (χ1) is 6.22. The molecule has 68 valence electrons. The van der Waals surface area contributed by atoms with Crippen LogP contribution in [0, 0.1) is 6.92 Å². The topological polar surface area (TPSA) is 25.0 Å². The number of ether oxygens (including phenoxy) is 1. The van der Waals surface area contributed by atoms with Crippen LogP contribution in [0.25, 0.3) is 10.9 Å². The van der Waals surface area contributed by atoms with Crippen LogP contribution in [-0.4, -0.2) is 12.1 Å². The van der Waals surface area contributed by atoms with Crippen molar-refractivity contribution in [1.82, 2.24) is 4.98 Å². The van der Waals surface area contributed by atoms with Gasteiger partial charge in [-0.3, -0.25) is 0 Å². The molecule has 13 heavy (non-hydrogen) atoms. The lowest BCUT2D eigenvalue weighted by Crippen LogP contribution is -1.84. The Labute approximate surface area is 85.0 Å². The van der Waals surface area contributed by atoms with Crippen molar-refractivity contribution in [3.63, 3.8) is 0 Å². The summed E-state index contributed by atoms with van der Waals surface area (Å²) in [6.45, 7) is 2.07. The van der Waals surface area contributed by atoms with E-state index >= 15 is 0 Å². The minimum Gasteiger partial charge on any atom is -0.496 e. The van der Waals surface area contributed by atoms with Crippen molar-refractivity contribution in [1.29, 1.82) is 0 Å². The molecule has 3 heteroatoms. The lowest BCUT2D eigenvalue weighted by Gasteiger charge is -2.02. The highest BCUT2D eigenvalue weighted by atomic mass is 79.9. The van der Waals surface area contributed by atoms with Crippen LogP contribution in [0.5, 0.6) is 5.75 Å². The average molecular weight is 240 g/mol. The minimum atomic E-state index is 0.905. The Hall–Kier alpha value is -0.960. The molecule has 1 heterocycles. The van der Waals surface area contributed by atoms with Gasteiger partial charge in [-0.25, -0.2) is 0 Å². The largest absolute Gasteiger partial charge is 0.496 e. The highest BCUT2D eigenvalue weighted by molar-refractivity contribution is 9.10. The molecule has 1 aromatic heterocycles. The number of rotatable bonds is 1. The summed E-state index contributed by atoms with van der Waals surface area (Å²) in [6, 6.07) is 6.06. The Morgan fingerprint density at radius 3 is 2.85 bits per heavy atom. The van der Waals surface area contributed by atoms with E-state index in [1.165, 1.54) is 5.56 Å². The number of aromatic amines is 1. The van der Waals surface area contributed by atoms with Crippen LogP contribution in [0.3, 0.4) is 0 Å². The number of hydrogen-bond donors (Lipinski definition) is 1. The SMILES string of the molecule is COc1ccc(C)c2[nH]c(Br)cc12. The lowest BCUT2D eigenvalue weighted by atomic mass is 10.1. The Balaban J connectivity index is 2.83. The van der Waals surface area contributed by atoms with Crippen molar-refractivity contribution >= 4 is 26.8 Å². The highest BCUT2D eigenvalue weighted by Crippen LogP contribution is 2.30. The van der Waals surface area contributed by atoms with Crippen LogP contribution in [0.2, 0.25) is 0 Å². The summed E-state index contributed by atoms with van der Waals surface area (Å²) in [7, 11) is 1.69. The fraction of sp³-hybridized carbons (Fsp3) is 0.200. The molecule has 0 saturated carbocycles. The fourth-order valence-electron chi connectivity index (χ4n) is 1.48. The molecule has 0 radical (unpaired) electrons. The average Bonchev–Trinajstić information content (AvgIpc) is 2.48. The number of benzene rings is 1. The molecule has 0 aliphatic heterocycles. The third-order valence-corrected chi connectivity index (χ3v) is 2.58. The number of halogens is 1. The van der Waals surface area contributed by atoms with Gasteiger partial charge in [0.05, 0.1) is 17.2 Å². The number of nitrogens with one attached hydrogen (secondary N) is 1. The van der Waals surface area contributed by atoms with Crippen molar-refractivity contribution in [3.05, 3.63) is 28.4 Å². The normalized spacial score (nSPS) is 10.7. The molecule has 0 atom stereocenters. The van der Waals surface area contributed by atoms with Gasteiger partial charge >= 0.3 is 0 Å². The standard InChI is InChI=1S/C10H10BrNO/c1-6-3-4-8(13-2)7-5-9(11)12-10(6)7/h3-5,12H,1-2H3. The number of aryl methyl sites for hydroxylation is 1. The van der Waals surface area contributed by atoms with Gasteiger partial charge in [0.2, 0.25) is 0 Å². The number of hydrogen-bond acceptors (Lipinski definition) is 1. The first-order valence-corrected chi connectivity index (χ1v) is 4.83. The number of fused-ring (bicyclic) bond motifs is 1. The summed E-state index contributed by atoms with van der Waals surface area (Å²) >= 11 is 3.41. The Bertz CT molecular complexity index is 447. The van der Waals surface area contributed by atoms with E-state index in [1.807, 2.05) is 18.2 Å². The smallest absolute Gasteiger partial charge is 0.128 e. The minimum absolute atomic E-state index is 0.905. The summed E-state index contributed by atoms with van der Waals surface area (Å²) < 4.78 is 6.24. The zero-order chi connectivity index (χ0) is 9.42. The van der Waals surface area contributed by atoms with Crippen molar-refractivity contribution in [3.8, 4) is 5.75 Å². The second-order valence-corrected chi connectivity index (χ2v) is 3.85. The van der Waals surface area contributed by atoms with E-state index in [0.29, 0.717) is 0 Å². The Morgan fingerprint density at radius 1 is 1.38 bits per heavy atom. The zero-order valence-electron chi connectivity index (χ0n) is 7.52. The van der Waals surface area contributed by atoms with Gasteiger partial charge in [-0.1, -0.05) is 6.07 Å². The van der Waals surface area contributed by atoms with Crippen molar-refractivity contribution in [2.45, 2.75) is 6.92 Å². The molecule has 0 bridgehead atoms. The second kappa shape index (κ2) is 3.07. The molecular weight excluding hydrogens is 230 g/mol. The van der Waals surface area contributed by atoms with Gasteiger partial charge in [0, 0.05) is 5.39 Å². The molecule has 2 nitrogen and oxygen atoms in total. The van der Waals surface area contributed by atoms with Gasteiger partial charge in [0.25, 0.3) is 0 Å². The molecule has 1 N–H and O–H groups in total. The predicted molar refractivity (Wildman–Crippen MR) is 57.3 cm³/mol. The van der Waals surface area contributed by atoms with E-state index in [0.717, 1.165) is 21.3 Å². The maximum Gasteiger partial charge on any atom is 0.128 e. The van der Waals surface area contributed by atoms with E-state index in [4.69, 9.17) is 4.74 Å². The van der Waals surface area contributed by atoms with Gasteiger partial charge in [-0.05, 0) is 40.5 Å². The zero-order valence-corrected chi connectivity index (χ0v) is 9.10. The maximum absolute atomic E-state index is 5.25.